The number of ether oxygens (including phenoxy) is 1. The van der Waals surface area contributed by atoms with Crippen molar-refractivity contribution in [3.8, 4) is 0 Å². The molecule has 1 amide bonds. The van der Waals surface area contributed by atoms with E-state index in [1.54, 1.807) is 26.0 Å². The van der Waals surface area contributed by atoms with Crippen molar-refractivity contribution in [3.63, 3.8) is 0 Å². The molecule has 0 spiro atoms. The third-order valence-electron chi connectivity index (χ3n) is 2.27. The molecule has 0 saturated heterocycles. The van der Waals surface area contributed by atoms with Gasteiger partial charge in [-0.05, 0) is 41.9 Å². The molecule has 2 heterocycles. The molecule has 106 valence electrons. The van der Waals surface area contributed by atoms with Crippen molar-refractivity contribution in [3.05, 3.63) is 31.4 Å². The highest BCUT2D eigenvalue weighted by Crippen LogP contribution is 2.26. The number of nitrogens with one attached hydrogen (secondary N) is 1. The second-order valence-electron chi connectivity index (χ2n) is 3.71. The Bertz CT molecular complexity index is 651. The summed E-state index contributed by atoms with van der Waals surface area (Å²) in [6.07, 6.45) is 0. The number of hydrogen-bond donors (Lipinski definition) is 1. The van der Waals surface area contributed by atoms with Crippen LogP contribution in [-0.2, 0) is 4.74 Å². The number of anilines is 1. The van der Waals surface area contributed by atoms with E-state index in [4.69, 9.17) is 4.74 Å². The second-order valence-corrected chi connectivity index (χ2v) is 7.17. The highest BCUT2D eigenvalue weighted by molar-refractivity contribution is 9.11. The SMILES string of the molecule is CCOC(=O)c1sc(NC(=O)c2ccc(Br)s2)nc1C. The highest BCUT2D eigenvalue weighted by Gasteiger charge is 2.18. The summed E-state index contributed by atoms with van der Waals surface area (Å²) in [6.45, 7) is 3.76. The average Bonchev–Trinajstić information content (AvgIpc) is 2.96. The first kappa shape index (κ1) is 15.1. The van der Waals surface area contributed by atoms with Crippen LogP contribution in [-0.4, -0.2) is 23.5 Å². The van der Waals surface area contributed by atoms with Gasteiger partial charge in [-0.25, -0.2) is 9.78 Å². The third kappa shape index (κ3) is 3.44. The molecule has 0 bridgehead atoms. The van der Waals surface area contributed by atoms with Gasteiger partial charge < -0.3 is 4.74 Å². The number of aromatic nitrogens is 1. The van der Waals surface area contributed by atoms with Crippen LogP contribution in [0.1, 0.15) is 32.0 Å². The lowest BCUT2D eigenvalue weighted by atomic mass is 10.4. The first-order valence-corrected chi connectivity index (χ1v) is 8.15. The molecule has 0 aliphatic rings. The van der Waals surface area contributed by atoms with E-state index in [0.717, 1.165) is 15.1 Å². The lowest BCUT2D eigenvalue weighted by molar-refractivity contribution is 0.0531. The van der Waals surface area contributed by atoms with Gasteiger partial charge in [0.1, 0.15) is 4.88 Å². The molecule has 5 nitrogen and oxygen atoms in total. The van der Waals surface area contributed by atoms with Crippen molar-refractivity contribution in [1.82, 2.24) is 4.98 Å². The van der Waals surface area contributed by atoms with Crippen molar-refractivity contribution in [2.45, 2.75) is 13.8 Å². The minimum absolute atomic E-state index is 0.246. The fourth-order valence-corrected chi connectivity index (χ4v) is 3.57. The minimum Gasteiger partial charge on any atom is -0.462 e. The van der Waals surface area contributed by atoms with E-state index in [9.17, 15) is 9.59 Å². The number of hydrogen-bond acceptors (Lipinski definition) is 6. The van der Waals surface area contributed by atoms with Gasteiger partial charge in [0.05, 0.1) is 21.0 Å². The van der Waals surface area contributed by atoms with Crippen LogP contribution in [0.3, 0.4) is 0 Å². The Morgan fingerprint density at radius 1 is 1.40 bits per heavy atom. The Labute approximate surface area is 132 Å². The van der Waals surface area contributed by atoms with Crippen LogP contribution in [0.15, 0.2) is 15.9 Å². The molecule has 2 rings (SSSR count). The number of rotatable bonds is 4. The molecule has 0 aliphatic carbocycles. The summed E-state index contributed by atoms with van der Waals surface area (Å²) in [5, 5.41) is 3.07. The maximum atomic E-state index is 12.0. The van der Waals surface area contributed by atoms with Crippen LogP contribution in [0.25, 0.3) is 0 Å². The Morgan fingerprint density at radius 2 is 2.15 bits per heavy atom. The molecule has 20 heavy (non-hydrogen) atoms. The second kappa shape index (κ2) is 6.47. The number of carbonyl (C=O) groups is 2. The van der Waals surface area contributed by atoms with Gasteiger partial charge in [0, 0.05) is 0 Å². The van der Waals surface area contributed by atoms with Crippen LogP contribution < -0.4 is 5.32 Å². The Balaban J connectivity index is 2.12. The van der Waals surface area contributed by atoms with Gasteiger partial charge in [-0.15, -0.1) is 11.3 Å². The van der Waals surface area contributed by atoms with Crippen LogP contribution in [0.4, 0.5) is 5.13 Å². The number of esters is 1. The topological polar surface area (TPSA) is 68.3 Å². The maximum Gasteiger partial charge on any atom is 0.350 e. The summed E-state index contributed by atoms with van der Waals surface area (Å²) in [7, 11) is 0. The molecule has 0 fully saturated rings. The zero-order chi connectivity index (χ0) is 14.7. The van der Waals surface area contributed by atoms with E-state index in [1.807, 2.05) is 0 Å². The fourth-order valence-electron chi connectivity index (χ4n) is 1.43. The molecule has 2 aromatic heterocycles. The lowest BCUT2D eigenvalue weighted by Crippen LogP contribution is -2.09. The number of nitrogens with zero attached hydrogens (tertiary/aromatic N) is 1. The molecule has 0 aliphatic heterocycles. The number of carbonyl (C=O) groups excluding carboxylic acids is 2. The van der Waals surface area contributed by atoms with E-state index >= 15 is 0 Å². The van der Waals surface area contributed by atoms with Crippen molar-refractivity contribution >= 4 is 55.6 Å². The Kier molecular flexibility index (Phi) is 4.90. The Morgan fingerprint density at radius 3 is 2.75 bits per heavy atom. The lowest BCUT2D eigenvalue weighted by Gasteiger charge is -1.98. The molecule has 2 aromatic rings. The average molecular weight is 375 g/mol. The third-order valence-corrected chi connectivity index (χ3v) is 4.95. The molecule has 0 aromatic carbocycles. The number of thiophene rings is 1. The first-order valence-electron chi connectivity index (χ1n) is 5.72. The van der Waals surface area contributed by atoms with Gasteiger partial charge in [-0.1, -0.05) is 11.3 Å². The van der Waals surface area contributed by atoms with Gasteiger partial charge in [0.2, 0.25) is 0 Å². The largest absolute Gasteiger partial charge is 0.462 e. The quantitative estimate of drug-likeness (QED) is 0.828. The molecule has 0 saturated carbocycles. The van der Waals surface area contributed by atoms with Gasteiger partial charge in [0.25, 0.3) is 5.91 Å². The van der Waals surface area contributed by atoms with Crippen LogP contribution >= 0.6 is 38.6 Å². The summed E-state index contributed by atoms with van der Waals surface area (Å²) in [6, 6.07) is 3.52. The smallest absolute Gasteiger partial charge is 0.350 e. The van der Waals surface area contributed by atoms with Crippen LogP contribution in [0.5, 0.6) is 0 Å². The van der Waals surface area contributed by atoms with Crippen molar-refractivity contribution in [1.29, 1.82) is 0 Å². The molecular formula is C12H11BrN2O3S2. The zero-order valence-electron chi connectivity index (χ0n) is 10.7. The van der Waals surface area contributed by atoms with Crippen molar-refractivity contribution in [2.75, 3.05) is 11.9 Å². The van der Waals surface area contributed by atoms with E-state index in [2.05, 4.69) is 26.2 Å². The number of halogens is 1. The number of aryl methyl sites for hydroxylation is 1. The number of amides is 1. The zero-order valence-corrected chi connectivity index (χ0v) is 13.9. The first-order chi connectivity index (χ1) is 9.51. The van der Waals surface area contributed by atoms with Gasteiger partial charge in [-0.3, -0.25) is 10.1 Å². The summed E-state index contributed by atoms with van der Waals surface area (Å²) < 4.78 is 5.81. The molecule has 0 atom stereocenters. The normalized spacial score (nSPS) is 10.3. The van der Waals surface area contributed by atoms with Gasteiger partial charge >= 0.3 is 5.97 Å². The monoisotopic (exact) mass is 374 g/mol. The predicted octanol–water partition coefficient (Wildman–Crippen LogP) is 3.70. The van der Waals surface area contributed by atoms with E-state index in [0.29, 0.717) is 27.2 Å². The van der Waals surface area contributed by atoms with Crippen LogP contribution in [0, 0.1) is 6.92 Å². The summed E-state index contributed by atoms with van der Waals surface area (Å²) in [5.41, 5.74) is 0.552. The summed E-state index contributed by atoms with van der Waals surface area (Å²) in [4.78, 5) is 28.8. The standard InChI is InChI=1S/C12H11BrN2O3S2/c1-3-18-11(17)9-6(2)14-12(20-9)15-10(16)7-4-5-8(13)19-7/h4-5H,3H2,1-2H3,(H,14,15,16). The fraction of sp³-hybridized carbons (Fsp3) is 0.250. The molecule has 8 heteroatoms. The van der Waals surface area contributed by atoms with E-state index < -0.39 is 5.97 Å². The summed E-state index contributed by atoms with van der Waals surface area (Å²) in [5.74, 6) is -0.660. The number of thiazole rings is 1. The van der Waals surface area contributed by atoms with Crippen molar-refractivity contribution in [2.24, 2.45) is 0 Å². The predicted molar refractivity (Wildman–Crippen MR) is 82.8 cm³/mol. The maximum absolute atomic E-state index is 12.0. The van der Waals surface area contributed by atoms with Gasteiger partial charge in [-0.2, -0.15) is 0 Å². The van der Waals surface area contributed by atoms with Crippen molar-refractivity contribution < 1.29 is 14.3 Å². The minimum atomic E-state index is -0.415. The molecule has 0 unspecified atom stereocenters. The Hall–Kier alpha value is -1.25. The van der Waals surface area contributed by atoms with E-state index in [1.165, 1.54) is 11.3 Å². The van der Waals surface area contributed by atoms with Crippen LogP contribution in [0.2, 0.25) is 0 Å². The molecular weight excluding hydrogens is 364 g/mol. The van der Waals surface area contributed by atoms with E-state index in [-0.39, 0.29) is 5.91 Å². The molecule has 0 radical (unpaired) electrons. The highest BCUT2D eigenvalue weighted by atomic mass is 79.9. The molecule has 1 N–H and O–H groups in total. The summed E-state index contributed by atoms with van der Waals surface area (Å²) >= 11 is 5.75. The van der Waals surface area contributed by atoms with Gasteiger partial charge in [0.15, 0.2) is 5.13 Å².